The Morgan fingerprint density at radius 1 is 1.47 bits per heavy atom. The van der Waals surface area contributed by atoms with Crippen LogP contribution in [0.15, 0.2) is 31.4 Å². The van der Waals surface area contributed by atoms with Crippen molar-refractivity contribution in [3.8, 4) is 0 Å². The minimum Gasteiger partial charge on any atom is -0.477 e. The predicted octanol–water partition coefficient (Wildman–Crippen LogP) is 1.39. The molecule has 0 spiro atoms. The van der Waals surface area contributed by atoms with Gasteiger partial charge in [0.2, 0.25) is 12.2 Å². The van der Waals surface area contributed by atoms with Crippen molar-refractivity contribution in [3.63, 3.8) is 0 Å². The van der Waals surface area contributed by atoms with E-state index in [1.807, 2.05) is 6.92 Å². The summed E-state index contributed by atoms with van der Waals surface area (Å²) >= 11 is 7.58. The van der Waals surface area contributed by atoms with Crippen LogP contribution in [0.5, 0.6) is 0 Å². The van der Waals surface area contributed by atoms with Crippen LogP contribution in [0.2, 0.25) is 0 Å². The molecule has 4 rings (SSSR count). The Morgan fingerprint density at radius 2 is 2.23 bits per heavy atom. The predicted molar refractivity (Wildman–Crippen MR) is 114 cm³/mol. The second-order valence-electron chi connectivity index (χ2n) is 6.63. The third kappa shape index (κ3) is 3.92. The molecule has 0 radical (unpaired) electrons. The quantitative estimate of drug-likeness (QED) is 0.320. The highest BCUT2D eigenvalue weighted by Gasteiger charge is 2.54. The Morgan fingerprint density at radius 3 is 2.83 bits per heavy atom. The number of rotatable bonds is 6. The second kappa shape index (κ2) is 8.40. The number of β-lactam (4-membered cyclic amide) rings is 1. The van der Waals surface area contributed by atoms with Gasteiger partial charge in [0.25, 0.3) is 11.8 Å². The van der Waals surface area contributed by atoms with Crippen molar-refractivity contribution in [1.82, 2.24) is 20.4 Å². The number of thioether (sulfide) groups is 2. The molecule has 2 N–H and O–H groups in total. The molecule has 2 amide bonds. The van der Waals surface area contributed by atoms with Crippen molar-refractivity contribution in [3.05, 3.63) is 27.0 Å². The minimum atomic E-state index is -1.15. The van der Waals surface area contributed by atoms with E-state index in [9.17, 15) is 19.5 Å². The number of carboxylic acid groups (broad SMARTS) is 1. The molecule has 10 nitrogen and oxygen atoms in total. The number of nitrogens with zero attached hydrogens (tertiary/aromatic N) is 5. The first-order chi connectivity index (χ1) is 14.3. The molecule has 3 aliphatic rings. The van der Waals surface area contributed by atoms with Crippen LogP contribution in [-0.4, -0.2) is 78.7 Å². The number of carbonyl (C=O) groups excluding carboxylic acids is 2. The van der Waals surface area contributed by atoms with Crippen molar-refractivity contribution in [2.24, 2.45) is 5.11 Å². The fourth-order valence-corrected chi connectivity index (χ4v) is 7.11. The number of azo groups is 2. The zero-order valence-corrected chi connectivity index (χ0v) is 19.8. The minimum absolute atomic E-state index is 0.00523. The number of fused-ring (bicyclic) bond motifs is 1. The molecule has 0 bridgehead atoms. The number of aryl methyl sites for hydroxylation is 1. The number of aromatic nitrogens is 2. The van der Waals surface area contributed by atoms with E-state index in [0.717, 1.165) is 9.35 Å². The molecular weight excluding hydrogens is 516 g/mol. The van der Waals surface area contributed by atoms with Gasteiger partial charge in [0.05, 0.1) is 0 Å². The van der Waals surface area contributed by atoms with Gasteiger partial charge in [-0.3, -0.25) is 14.5 Å². The van der Waals surface area contributed by atoms with Gasteiger partial charge in [0.1, 0.15) is 26.6 Å². The maximum atomic E-state index is 12.7. The van der Waals surface area contributed by atoms with Crippen molar-refractivity contribution in [2.75, 3.05) is 18.6 Å². The number of aliphatic carboxylic acids is 1. The zero-order valence-electron chi connectivity index (χ0n) is 15.7. The topological polar surface area (TPSA) is 128 Å². The van der Waals surface area contributed by atoms with Crippen LogP contribution in [0, 0.1) is 6.92 Å². The highest BCUT2D eigenvalue weighted by Crippen LogP contribution is 2.42. The zero-order chi connectivity index (χ0) is 21.6. The normalized spacial score (nSPS) is 25.5. The molecule has 0 aromatic carbocycles. The van der Waals surface area contributed by atoms with Crippen LogP contribution in [0.3, 0.4) is 0 Å². The molecule has 0 aliphatic carbocycles. The summed E-state index contributed by atoms with van der Waals surface area (Å²) in [4.78, 5) is 38.5. The molecule has 1 aromatic rings. The van der Waals surface area contributed by atoms with Gasteiger partial charge in [-0.05, 0) is 33.5 Å². The molecule has 4 heterocycles. The molecule has 3 atom stereocenters. The molecule has 1 aromatic heterocycles. The van der Waals surface area contributed by atoms with Gasteiger partial charge in [0, 0.05) is 11.5 Å². The van der Waals surface area contributed by atoms with Gasteiger partial charge in [-0.15, -0.1) is 22.0 Å². The molecule has 14 heteroatoms. The van der Waals surface area contributed by atoms with E-state index in [2.05, 4.69) is 36.6 Å². The maximum Gasteiger partial charge on any atom is 0.352 e. The summed E-state index contributed by atoms with van der Waals surface area (Å²) < 4.78 is 2.87. The molecular formula is C16H16BrN6O4S3+. The number of amides is 2. The van der Waals surface area contributed by atoms with E-state index in [0.29, 0.717) is 21.6 Å². The van der Waals surface area contributed by atoms with Gasteiger partial charge < -0.3 is 10.4 Å². The van der Waals surface area contributed by atoms with Gasteiger partial charge in [0.15, 0.2) is 11.4 Å². The number of hydrogen-bond donors (Lipinski definition) is 2. The van der Waals surface area contributed by atoms with Crippen molar-refractivity contribution < 1.29 is 24.2 Å². The fourth-order valence-electron chi connectivity index (χ4n) is 3.21. The van der Waals surface area contributed by atoms with Crippen molar-refractivity contribution >= 4 is 68.6 Å². The number of carbonyl (C=O) groups is 3. The summed E-state index contributed by atoms with van der Waals surface area (Å²) in [6, 6.07) is -1.53. The summed E-state index contributed by atoms with van der Waals surface area (Å²) in [6.45, 7) is 1.85. The molecule has 1 saturated heterocycles. The van der Waals surface area contributed by atoms with E-state index in [1.54, 1.807) is 13.2 Å². The van der Waals surface area contributed by atoms with Gasteiger partial charge >= 0.3 is 5.97 Å². The van der Waals surface area contributed by atoms with Crippen LogP contribution >= 0.6 is 50.8 Å². The smallest absolute Gasteiger partial charge is 0.352 e. The summed E-state index contributed by atoms with van der Waals surface area (Å²) in [7, 11) is 1.70. The third-order valence-corrected chi connectivity index (χ3v) is 8.58. The molecule has 0 saturated carbocycles. The monoisotopic (exact) mass is 531 g/mol. The van der Waals surface area contributed by atoms with Crippen molar-refractivity contribution in [2.45, 2.75) is 28.7 Å². The number of halogens is 1. The Kier molecular flexibility index (Phi) is 6.01. The SMILES string of the molecule is Cc1nnc(SCC2=C(C(=O)O)N3C(=O)C(NC(=O)C4N=[N+](C)C=C4Br)C3SC2)s1. The fraction of sp³-hybridized carbons (Fsp3) is 0.438. The van der Waals surface area contributed by atoms with E-state index in [1.165, 1.54) is 44.5 Å². The van der Waals surface area contributed by atoms with Crippen LogP contribution in [0.1, 0.15) is 5.01 Å². The van der Waals surface area contributed by atoms with Crippen LogP contribution in [-0.2, 0) is 14.4 Å². The Hall–Kier alpha value is -1.77. The Bertz CT molecular complexity index is 1040. The Labute approximate surface area is 192 Å². The number of nitrogens with one attached hydrogen (secondary N) is 1. The average Bonchev–Trinajstić information content (AvgIpc) is 3.27. The van der Waals surface area contributed by atoms with E-state index < -0.39 is 35.2 Å². The summed E-state index contributed by atoms with van der Waals surface area (Å²) in [5.74, 6) is -1.14. The first-order valence-electron chi connectivity index (χ1n) is 8.70. The molecule has 158 valence electrons. The molecule has 3 aliphatic heterocycles. The number of carboxylic acids is 1. The lowest BCUT2D eigenvalue weighted by molar-refractivity contribution is -0.492. The van der Waals surface area contributed by atoms with Crippen molar-refractivity contribution in [1.29, 1.82) is 0 Å². The second-order valence-corrected chi connectivity index (χ2v) is 11.1. The Balaban J connectivity index is 1.47. The highest BCUT2D eigenvalue weighted by molar-refractivity contribution is 9.11. The first-order valence-corrected chi connectivity index (χ1v) is 12.3. The maximum absolute atomic E-state index is 12.7. The van der Waals surface area contributed by atoms with E-state index >= 15 is 0 Å². The third-order valence-electron chi connectivity index (χ3n) is 4.54. The number of hydrogen-bond acceptors (Lipinski definition) is 9. The lowest BCUT2D eigenvalue weighted by Crippen LogP contribution is -2.71. The van der Waals surface area contributed by atoms with Gasteiger partial charge in [-0.2, -0.15) is 0 Å². The van der Waals surface area contributed by atoms with Gasteiger partial charge in [-0.1, -0.05) is 27.8 Å². The lowest BCUT2D eigenvalue weighted by Gasteiger charge is -2.49. The molecule has 30 heavy (non-hydrogen) atoms. The van der Waals surface area contributed by atoms with Crippen LogP contribution < -0.4 is 5.32 Å². The summed E-state index contributed by atoms with van der Waals surface area (Å²) in [6.07, 6.45) is 1.67. The average molecular weight is 532 g/mol. The molecule has 1 fully saturated rings. The van der Waals surface area contributed by atoms with E-state index in [4.69, 9.17) is 0 Å². The molecule has 3 unspecified atom stereocenters. The lowest BCUT2D eigenvalue weighted by atomic mass is 10.0. The highest BCUT2D eigenvalue weighted by atomic mass is 79.9. The standard InChI is InChI=1S/C16H15BrN6O4S3/c1-6-19-20-16(30-6)29-5-7-4-28-14-10(13(25)23(14)11(7)15(26)27)18-12(24)9-8(17)3-22(2)21-9/h3,9-10,14H,4-5H2,1-2H3,(H-,18,24,26,27)/p+1. The van der Waals surface area contributed by atoms with Crippen LogP contribution in [0.25, 0.3) is 0 Å². The van der Waals surface area contributed by atoms with Gasteiger partial charge in [-0.25, -0.2) is 4.79 Å². The summed E-state index contributed by atoms with van der Waals surface area (Å²) in [5.41, 5.74) is 0.646. The first kappa shape index (κ1) is 21.5. The van der Waals surface area contributed by atoms with Crippen LogP contribution in [0.4, 0.5) is 0 Å². The largest absolute Gasteiger partial charge is 0.477 e. The summed E-state index contributed by atoms with van der Waals surface area (Å²) in [5, 5.41) is 25.0. The van der Waals surface area contributed by atoms with E-state index in [-0.39, 0.29) is 5.70 Å².